The first kappa shape index (κ1) is 83.2. The third-order valence-corrected chi connectivity index (χ3v) is 31.2. The van der Waals surface area contributed by atoms with Gasteiger partial charge >= 0.3 is 0 Å². The average Bonchev–Trinajstić information content (AvgIpc) is 1.58. The first-order chi connectivity index (χ1) is 70.2. The van der Waals surface area contributed by atoms with Crippen molar-refractivity contribution in [3.05, 3.63) is 471 Å². The van der Waals surface area contributed by atoms with Crippen LogP contribution in [0.2, 0.25) is 0 Å². The minimum atomic E-state index is -0.195. The number of rotatable bonds is 8. The van der Waals surface area contributed by atoms with E-state index in [1.807, 2.05) is 36.8 Å². The van der Waals surface area contributed by atoms with E-state index < -0.39 is 0 Å². The van der Waals surface area contributed by atoms with E-state index in [4.69, 9.17) is 29.9 Å². The van der Waals surface area contributed by atoms with E-state index in [1.54, 1.807) is 0 Å². The lowest BCUT2D eigenvalue weighted by atomic mass is 9.78. The lowest BCUT2D eigenvalue weighted by Crippen LogP contribution is -2.16. The summed E-state index contributed by atoms with van der Waals surface area (Å²) in [7, 11) is 0. The molecule has 8 heterocycles. The van der Waals surface area contributed by atoms with Crippen molar-refractivity contribution in [1.82, 2.24) is 39.9 Å². The van der Waals surface area contributed by atoms with Crippen molar-refractivity contribution in [2.24, 2.45) is 0 Å². The minimum absolute atomic E-state index is 0.180. The van der Waals surface area contributed by atoms with Crippen molar-refractivity contribution in [1.29, 1.82) is 0 Å². The summed E-state index contributed by atoms with van der Waals surface area (Å²) in [6.45, 7) is 14.1. The van der Waals surface area contributed by atoms with Crippen LogP contribution in [-0.4, -0.2) is 39.9 Å². The SMILES string of the molecule is CC1(C)c2ccccc2-c2nc3c(ccc4ccccc43)c(-c3ccc(-c4ccc5ccc6c(-c7cccnc7)ccc7ccc4c5c76)cc3)c21.CC1(C)c2ccccc2-c2nc3c(ccc4ccccc43)c(-c3ccc(-c4ccc5ccc6ccc(-c7ccccc7)nc6c5n4)cc3)c21.CC1(C)c2ccccc2-c2nc3c(ccc4ccccc43)c(-c3ccc(-c4ccc5ccc6cccnc6c5n4)cc3)c21. The van der Waals surface area contributed by atoms with Gasteiger partial charge in [0.1, 0.15) is 0 Å². The van der Waals surface area contributed by atoms with E-state index >= 15 is 0 Å². The van der Waals surface area contributed by atoms with Gasteiger partial charge in [-0.05, 0) is 162 Å². The van der Waals surface area contributed by atoms with E-state index in [0.717, 1.165) is 117 Å². The first-order valence-corrected chi connectivity index (χ1v) is 49.4. The molecule has 3 aliphatic carbocycles. The molecule has 670 valence electrons. The van der Waals surface area contributed by atoms with Gasteiger partial charge in [0.05, 0.1) is 72.8 Å². The van der Waals surface area contributed by atoms with Gasteiger partial charge in [-0.1, -0.05) is 430 Å². The number of aromatic nitrogens is 8. The maximum Gasteiger partial charge on any atom is 0.0972 e. The highest BCUT2D eigenvalue weighted by atomic mass is 14.8. The van der Waals surface area contributed by atoms with Crippen LogP contribution in [0.5, 0.6) is 0 Å². The summed E-state index contributed by atoms with van der Waals surface area (Å²) in [4.78, 5) is 40.8. The topological polar surface area (TPSA) is 103 Å². The summed E-state index contributed by atoms with van der Waals surface area (Å²) in [5.74, 6) is 0. The van der Waals surface area contributed by atoms with Crippen LogP contribution in [0.1, 0.15) is 74.9 Å². The zero-order valence-corrected chi connectivity index (χ0v) is 79.6. The first-order valence-electron chi connectivity index (χ1n) is 49.4. The molecule has 0 unspecified atom stereocenters. The third kappa shape index (κ3) is 13.0. The van der Waals surface area contributed by atoms with Crippen LogP contribution in [0.25, 0.3) is 264 Å². The number of fused-ring (bicyclic) bond motifs is 24. The van der Waals surface area contributed by atoms with Gasteiger partial charge in [-0.2, -0.15) is 0 Å². The van der Waals surface area contributed by atoms with Crippen molar-refractivity contribution < 1.29 is 0 Å². The average molecular weight is 1820 g/mol. The smallest absolute Gasteiger partial charge is 0.0972 e. The van der Waals surface area contributed by atoms with Crippen molar-refractivity contribution in [2.75, 3.05) is 0 Å². The number of hydrogen-bond donors (Lipinski definition) is 0. The molecule has 143 heavy (non-hydrogen) atoms. The van der Waals surface area contributed by atoms with E-state index in [-0.39, 0.29) is 16.2 Å². The molecule has 0 bridgehead atoms. The van der Waals surface area contributed by atoms with Crippen molar-refractivity contribution >= 4 is 141 Å². The molecule has 8 heteroatoms. The Kier molecular flexibility index (Phi) is 18.6. The lowest BCUT2D eigenvalue weighted by Gasteiger charge is -2.25. The summed E-state index contributed by atoms with van der Waals surface area (Å²) < 4.78 is 0. The van der Waals surface area contributed by atoms with Crippen LogP contribution < -0.4 is 0 Å². The maximum atomic E-state index is 5.47. The predicted molar refractivity (Wildman–Crippen MR) is 597 cm³/mol. The monoisotopic (exact) mass is 1820 g/mol. The zero-order valence-electron chi connectivity index (χ0n) is 79.6. The molecule has 0 aliphatic heterocycles. The maximum absolute atomic E-state index is 5.47. The Morgan fingerprint density at radius 2 is 0.469 bits per heavy atom. The summed E-state index contributed by atoms with van der Waals surface area (Å²) in [5.41, 5.74) is 39.5. The molecular weight excluding hydrogens is 1730 g/mol. The second kappa shape index (κ2) is 32.0. The normalized spacial score (nSPS) is 13.4. The van der Waals surface area contributed by atoms with Gasteiger partial charge in [0, 0.05) is 128 Å². The molecule has 0 amide bonds. The quantitative estimate of drug-likeness (QED) is 0.139. The molecule has 27 aromatic rings. The highest BCUT2D eigenvalue weighted by Crippen LogP contribution is 2.59. The second-order valence-electron chi connectivity index (χ2n) is 40.2. The lowest BCUT2D eigenvalue weighted by molar-refractivity contribution is 0.661. The molecule has 8 nitrogen and oxygen atoms in total. The van der Waals surface area contributed by atoms with Gasteiger partial charge in [0.15, 0.2) is 0 Å². The van der Waals surface area contributed by atoms with E-state index in [1.165, 1.54) is 181 Å². The number of hydrogen-bond acceptors (Lipinski definition) is 8. The van der Waals surface area contributed by atoms with Crippen molar-refractivity contribution in [3.63, 3.8) is 0 Å². The Morgan fingerprint density at radius 3 is 0.874 bits per heavy atom. The predicted octanol–water partition coefficient (Wildman–Crippen LogP) is 34.9. The van der Waals surface area contributed by atoms with Crippen LogP contribution in [0.15, 0.2) is 437 Å². The molecule has 0 atom stereocenters. The zero-order chi connectivity index (χ0) is 95.2. The number of nitrogens with zero attached hydrogens (tertiary/aromatic N) is 8. The fourth-order valence-electron chi connectivity index (χ4n) is 24.3. The van der Waals surface area contributed by atoms with Crippen LogP contribution in [0.3, 0.4) is 0 Å². The van der Waals surface area contributed by atoms with Crippen LogP contribution in [0, 0.1) is 0 Å². The molecule has 0 N–H and O–H groups in total. The summed E-state index contributed by atoms with van der Waals surface area (Å²) in [6, 6.07) is 151. The molecule has 0 fully saturated rings. The third-order valence-electron chi connectivity index (χ3n) is 31.2. The minimum Gasteiger partial charge on any atom is -0.264 e. The fraction of sp³-hybridized carbons (Fsp3) is 0.0667. The van der Waals surface area contributed by atoms with Crippen LogP contribution in [0.4, 0.5) is 0 Å². The summed E-state index contributed by atoms with van der Waals surface area (Å²) in [6.07, 6.45) is 5.64. The van der Waals surface area contributed by atoms with Gasteiger partial charge < -0.3 is 0 Å². The molecule has 0 saturated carbocycles. The second-order valence-corrected chi connectivity index (χ2v) is 40.2. The Labute approximate surface area is 826 Å². The highest BCUT2D eigenvalue weighted by Gasteiger charge is 2.44. The van der Waals surface area contributed by atoms with Gasteiger partial charge in [-0.3, -0.25) is 9.97 Å². The molecule has 8 aromatic heterocycles. The van der Waals surface area contributed by atoms with E-state index in [0.29, 0.717) is 0 Å². The fourth-order valence-corrected chi connectivity index (χ4v) is 24.3. The molecule has 3 aliphatic rings. The standard InChI is InChI=1S/C49H32N2.C46H31N3.C40H27N3/c1-49(2)42-12-6-5-11-40(42)48-46(49)45(41-26-17-29-8-3-4-10-37(29)47(41)51-48)33-15-13-30(14-16-33)35-22-18-31-21-25-39-36(34-9-7-27-50-28-34)23-19-32-20-24-38(35)43(31)44(32)39;1-46(2)37-15-9-8-14-35(37)45-41(46)40(36-25-22-28-10-6-7-13-34(28)44(36)49-45)31-18-16-30(17-19-31)39-27-24-33-21-20-32-23-26-38(29-11-4-3-5-12-29)47-42(32)43(33)48-39;1-40(2)32-12-6-5-11-30(32)39-35(40)34(31-21-19-24-8-3-4-10-29(24)38(31)43-39)26-15-13-25(14-16-26)33-22-20-28-18-17-27-9-7-23-41-36(27)37(28)42-33/h3-28H,1-2H3;3-27H,1-2H3;3-23H,1-2H3. The highest BCUT2D eigenvalue weighted by molar-refractivity contribution is 6.28. The number of benzene rings is 19. The molecule has 19 aromatic carbocycles. The Morgan fingerprint density at radius 1 is 0.175 bits per heavy atom. The molecule has 0 radical (unpaired) electrons. The van der Waals surface area contributed by atoms with Gasteiger partial charge in [0.25, 0.3) is 0 Å². The summed E-state index contributed by atoms with van der Waals surface area (Å²) in [5, 5.41) is 22.8. The number of pyridine rings is 8. The summed E-state index contributed by atoms with van der Waals surface area (Å²) >= 11 is 0. The Balaban J connectivity index is 0.000000105. The van der Waals surface area contributed by atoms with Crippen molar-refractivity contribution in [3.8, 4) is 123 Å². The molecular formula is C135H90N8. The van der Waals surface area contributed by atoms with Crippen LogP contribution >= 0.6 is 0 Å². The van der Waals surface area contributed by atoms with E-state index in [9.17, 15) is 0 Å². The molecule has 30 rings (SSSR count). The van der Waals surface area contributed by atoms with E-state index in [2.05, 4.69) is 452 Å². The van der Waals surface area contributed by atoms with Gasteiger partial charge in [-0.15, -0.1) is 0 Å². The van der Waals surface area contributed by atoms with Crippen molar-refractivity contribution in [2.45, 2.75) is 57.8 Å². The Bertz CT molecular complexity index is 10000. The largest absolute Gasteiger partial charge is 0.264 e. The van der Waals surface area contributed by atoms with Crippen LogP contribution in [-0.2, 0) is 16.2 Å². The molecule has 0 spiro atoms. The molecule has 0 saturated heterocycles. The van der Waals surface area contributed by atoms with Gasteiger partial charge in [0.2, 0.25) is 0 Å². The Hall–Kier alpha value is -18.0. The van der Waals surface area contributed by atoms with Gasteiger partial charge in [-0.25, -0.2) is 29.9 Å².